The molecule has 1 heterocycles. The predicted molar refractivity (Wildman–Crippen MR) is 78.0 cm³/mol. The molecular formula is C16H14N2O2. The zero-order valence-electron chi connectivity index (χ0n) is 10.8. The van der Waals surface area contributed by atoms with Gasteiger partial charge in [0.1, 0.15) is 0 Å². The Labute approximate surface area is 115 Å². The first-order valence-corrected chi connectivity index (χ1v) is 6.51. The third-order valence-electron chi connectivity index (χ3n) is 3.32. The van der Waals surface area contributed by atoms with Crippen LogP contribution in [-0.4, -0.2) is 15.8 Å². The molecule has 0 saturated carbocycles. The van der Waals surface area contributed by atoms with Crippen molar-refractivity contribution in [1.29, 1.82) is 0 Å². The summed E-state index contributed by atoms with van der Waals surface area (Å²) in [4.78, 5) is 28.7. The number of hydrogen-bond donors (Lipinski definition) is 2. The van der Waals surface area contributed by atoms with E-state index in [2.05, 4.69) is 9.97 Å². The fourth-order valence-electron chi connectivity index (χ4n) is 2.25. The van der Waals surface area contributed by atoms with Crippen LogP contribution in [0.4, 0.5) is 0 Å². The van der Waals surface area contributed by atoms with Gasteiger partial charge in [-0.05, 0) is 30.2 Å². The van der Waals surface area contributed by atoms with Gasteiger partial charge in [-0.2, -0.15) is 0 Å². The fraction of sp³-hybridized carbons (Fsp3) is 0.125. The first-order valence-electron chi connectivity index (χ1n) is 6.51. The Morgan fingerprint density at radius 3 is 2.50 bits per heavy atom. The van der Waals surface area contributed by atoms with Crippen LogP contribution in [-0.2, 0) is 6.42 Å². The zero-order chi connectivity index (χ0) is 13.9. The molecule has 4 heteroatoms. The van der Waals surface area contributed by atoms with Crippen LogP contribution in [0.25, 0.3) is 11.0 Å². The lowest BCUT2D eigenvalue weighted by Gasteiger charge is -2.02. The van der Waals surface area contributed by atoms with Gasteiger partial charge >= 0.3 is 5.69 Å². The van der Waals surface area contributed by atoms with Crippen molar-refractivity contribution >= 4 is 16.8 Å². The summed E-state index contributed by atoms with van der Waals surface area (Å²) in [6.45, 7) is 0. The molecule has 3 aromatic rings. The minimum atomic E-state index is -0.256. The number of aromatic nitrogens is 2. The lowest BCUT2D eigenvalue weighted by Crippen LogP contribution is -2.01. The van der Waals surface area contributed by atoms with Crippen molar-refractivity contribution in [3.05, 3.63) is 70.1 Å². The number of imidazole rings is 1. The molecular weight excluding hydrogens is 252 g/mol. The molecule has 0 radical (unpaired) electrons. The van der Waals surface area contributed by atoms with Gasteiger partial charge in [-0.1, -0.05) is 30.3 Å². The summed E-state index contributed by atoms with van der Waals surface area (Å²) in [5.74, 6) is 0.0813. The number of carbonyl (C=O) groups is 1. The lowest BCUT2D eigenvalue weighted by atomic mass is 10.0. The second-order valence-electron chi connectivity index (χ2n) is 4.75. The van der Waals surface area contributed by atoms with Crippen molar-refractivity contribution in [1.82, 2.24) is 9.97 Å². The number of rotatable bonds is 4. The smallest absolute Gasteiger partial charge is 0.306 e. The highest BCUT2D eigenvalue weighted by atomic mass is 16.1. The van der Waals surface area contributed by atoms with Gasteiger partial charge < -0.3 is 9.97 Å². The lowest BCUT2D eigenvalue weighted by molar-refractivity contribution is 0.0983. The number of Topliss-reactive ketones (excluding diaryl/α,β-unsaturated/α-hetero) is 1. The van der Waals surface area contributed by atoms with E-state index in [0.717, 1.165) is 17.5 Å². The van der Waals surface area contributed by atoms with Gasteiger partial charge in [-0.15, -0.1) is 0 Å². The standard InChI is InChI=1S/C16H14N2O2/c19-15(9-6-11-4-2-1-3-5-11)12-7-8-13-14(10-12)18-16(20)17-13/h1-5,7-8,10H,6,9H2,(H2,17,18,20). The Hall–Kier alpha value is -2.62. The van der Waals surface area contributed by atoms with E-state index in [-0.39, 0.29) is 11.5 Å². The highest BCUT2D eigenvalue weighted by Crippen LogP contribution is 2.13. The van der Waals surface area contributed by atoms with E-state index < -0.39 is 0 Å². The van der Waals surface area contributed by atoms with E-state index in [4.69, 9.17) is 0 Å². The Morgan fingerprint density at radius 1 is 0.950 bits per heavy atom. The Balaban J connectivity index is 1.76. The van der Waals surface area contributed by atoms with E-state index in [1.165, 1.54) is 0 Å². The van der Waals surface area contributed by atoms with Crippen molar-refractivity contribution in [2.24, 2.45) is 0 Å². The summed E-state index contributed by atoms with van der Waals surface area (Å²) in [7, 11) is 0. The number of aromatic amines is 2. The highest BCUT2D eigenvalue weighted by molar-refractivity contribution is 5.98. The molecule has 0 saturated heterocycles. The molecule has 0 spiro atoms. The number of fused-ring (bicyclic) bond motifs is 1. The summed E-state index contributed by atoms with van der Waals surface area (Å²) in [5, 5.41) is 0. The molecule has 0 bridgehead atoms. The normalized spacial score (nSPS) is 10.8. The average Bonchev–Trinajstić information content (AvgIpc) is 2.85. The average molecular weight is 266 g/mol. The Kier molecular flexibility index (Phi) is 3.21. The van der Waals surface area contributed by atoms with Crippen molar-refractivity contribution in [2.45, 2.75) is 12.8 Å². The molecule has 2 aromatic carbocycles. The summed E-state index contributed by atoms with van der Waals surface area (Å²) >= 11 is 0. The molecule has 0 amide bonds. The van der Waals surface area contributed by atoms with Gasteiger partial charge in [0, 0.05) is 12.0 Å². The summed E-state index contributed by atoms with van der Waals surface area (Å²) < 4.78 is 0. The van der Waals surface area contributed by atoms with E-state index in [0.29, 0.717) is 17.5 Å². The van der Waals surface area contributed by atoms with Crippen LogP contribution in [0.3, 0.4) is 0 Å². The van der Waals surface area contributed by atoms with Gasteiger partial charge in [0.25, 0.3) is 0 Å². The molecule has 2 N–H and O–H groups in total. The van der Waals surface area contributed by atoms with Crippen LogP contribution in [0.15, 0.2) is 53.3 Å². The van der Waals surface area contributed by atoms with Crippen molar-refractivity contribution in [3.63, 3.8) is 0 Å². The fourth-order valence-corrected chi connectivity index (χ4v) is 2.25. The first kappa shape index (κ1) is 12.4. The SMILES string of the molecule is O=C(CCc1ccccc1)c1ccc2[nH]c(=O)[nH]c2c1. The van der Waals surface area contributed by atoms with Gasteiger partial charge in [-0.25, -0.2) is 4.79 Å². The number of H-pyrrole nitrogens is 2. The zero-order valence-corrected chi connectivity index (χ0v) is 10.8. The maximum atomic E-state index is 12.2. The Morgan fingerprint density at radius 2 is 1.70 bits per heavy atom. The molecule has 0 aliphatic carbocycles. The third-order valence-corrected chi connectivity index (χ3v) is 3.32. The molecule has 3 rings (SSSR count). The molecule has 100 valence electrons. The number of aryl methyl sites for hydroxylation is 1. The maximum Gasteiger partial charge on any atom is 0.323 e. The van der Waals surface area contributed by atoms with E-state index >= 15 is 0 Å². The van der Waals surface area contributed by atoms with Crippen molar-refractivity contribution in [3.8, 4) is 0 Å². The molecule has 0 aliphatic rings. The number of ketones is 1. The highest BCUT2D eigenvalue weighted by Gasteiger charge is 2.08. The van der Waals surface area contributed by atoms with Crippen LogP contribution >= 0.6 is 0 Å². The molecule has 4 nitrogen and oxygen atoms in total. The van der Waals surface area contributed by atoms with Crippen LogP contribution in [0, 0.1) is 0 Å². The molecule has 1 aromatic heterocycles. The van der Waals surface area contributed by atoms with Crippen molar-refractivity contribution < 1.29 is 4.79 Å². The van der Waals surface area contributed by atoms with E-state index in [9.17, 15) is 9.59 Å². The van der Waals surface area contributed by atoms with Crippen LogP contribution in [0.1, 0.15) is 22.3 Å². The van der Waals surface area contributed by atoms with Crippen LogP contribution < -0.4 is 5.69 Å². The number of hydrogen-bond acceptors (Lipinski definition) is 2. The second kappa shape index (κ2) is 5.17. The van der Waals surface area contributed by atoms with Gasteiger partial charge in [-0.3, -0.25) is 4.79 Å². The summed E-state index contributed by atoms with van der Waals surface area (Å²) in [5.41, 5.74) is 2.91. The number of carbonyl (C=O) groups excluding carboxylic acids is 1. The predicted octanol–water partition coefficient (Wildman–Crippen LogP) is 2.67. The van der Waals surface area contributed by atoms with Crippen molar-refractivity contribution in [2.75, 3.05) is 0 Å². The Bertz CT molecular complexity index is 800. The topological polar surface area (TPSA) is 65.7 Å². The third kappa shape index (κ3) is 2.54. The largest absolute Gasteiger partial charge is 0.323 e. The minimum absolute atomic E-state index is 0.0813. The maximum absolute atomic E-state index is 12.2. The first-order chi connectivity index (χ1) is 9.72. The minimum Gasteiger partial charge on any atom is -0.306 e. The molecule has 0 aliphatic heterocycles. The monoisotopic (exact) mass is 266 g/mol. The van der Waals surface area contributed by atoms with E-state index in [1.807, 2.05) is 30.3 Å². The van der Waals surface area contributed by atoms with Gasteiger partial charge in [0.05, 0.1) is 11.0 Å². The van der Waals surface area contributed by atoms with Crippen LogP contribution in [0.5, 0.6) is 0 Å². The van der Waals surface area contributed by atoms with Gasteiger partial charge in [0.2, 0.25) is 0 Å². The van der Waals surface area contributed by atoms with E-state index in [1.54, 1.807) is 18.2 Å². The molecule has 0 atom stereocenters. The molecule has 0 unspecified atom stereocenters. The quantitative estimate of drug-likeness (QED) is 0.713. The second-order valence-corrected chi connectivity index (χ2v) is 4.75. The number of benzene rings is 2. The number of nitrogens with one attached hydrogen (secondary N) is 2. The summed E-state index contributed by atoms with van der Waals surface area (Å²) in [6, 6.07) is 15.2. The molecule has 20 heavy (non-hydrogen) atoms. The van der Waals surface area contributed by atoms with Gasteiger partial charge in [0.15, 0.2) is 5.78 Å². The van der Waals surface area contributed by atoms with Crippen LogP contribution in [0.2, 0.25) is 0 Å². The molecule has 0 fully saturated rings. The summed E-state index contributed by atoms with van der Waals surface area (Å²) in [6.07, 6.45) is 1.19.